The molecule has 110 valence electrons. The fourth-order valence-corrected chi connectivity index (χ4v) is 4.40. The Bertz CT molecular complexity index is 631. The zero-order valence-electron chi connectivity index (χ0n) is 11.2. The monoisotopic (exact) mass is 316 g/mol. The molecular weight excluding hydrogens is 300 g/mol. The number of rotatable bonds is 3. The van der Waals surface area contributed by atoms with Gasteiger partial charge in [0.05, 0.1) is 27.8 Å². The van der Waals surface area contributed by atoms with E-state index in [2.05, 4.69) is 0 Å². The number of hydrogen-bond donors (Lipinski definition) is 1. The Balaban J connectivity index is 2.28. The Hall–Kier alpha value is -1.27. The topological polar surface area (TPSA) is 80.5 Å². The van der Waals surface area contributed by atoms with Crippen molar-refractivity contribution in [2.45, 2.75) is 19.4 Å². The average Bonchev–Trinajstić information content (AvgIpc) is 2.74. The zero-order valence-corrected chi connectivity index (χ0v) is 12.7. The van der Waals surface area contributed by atoms with Crippen molar-refractivity contribution in [1.82, 2.24) is 4.90 Å². The number of sulfone groups is 1. The van der Waals surface area contributed by atoms with Gasteiger partial charge in [-0.3, -0.25) is 4.79 Å². The Morgan fingerprint density at radius 1 is 1.50 bits per heavy atom. The van der Waals surface area contributed by atoms with Gasteiger partial charge in [0, 0.05) is 12.6 Å². The molecule has 1 aliphatic rings. The fraction of sp³-hybridized carbons (Fsp3) is 0.462. The predicted molar refractivity (Wildman–Crippen MR) is 79.6 cm³/mol. The highest BCUT2D eigenvalue weighted by atomic mass is 35.5. The van der Waals surface area contributed by atoms with E-state index in [4.69, 9.17) is 17.3 Å². The second kappa shape index (κ2) is 5.61. The van der Waals surface area contributed by atoms with Crippen molar-refractivity contribution < 1.29 is 13.2 Å². The number of halogens is 1. The highest BCUT2D eigenvalue weighted by molar-refractivity contribution is 7.91. The first-order chi connectivity index (χ1) is 9.35. The van der Waals surface area contributed by atoms with Gasteiger partial charge in [-0.15, -0.1) is 0 Å². The molecule has 5 nitrogen and oxygen atoms in total. The quantitative estimate of drug-likeness (QED) is 0.858. The highest BCUT2D eigenvalue weighted by Crippen LogP contribution is 2.26. The molecule has 2 N–H and O–H groups in total. The summed E-state index contributed by atoms with van der Waals surface area (Å²) in [5.74, 6) is -0.120. The molecule has 0 aromatic heterocycles. The summed E-state index contributed by atoms with van der Waals surface area (Å²) < 4.78 is 23.1. The minimum absolute atomic E-state index is 0.0204. The highest BCUT2D eigenvalue weighted by Gasteiger charge is 2.34. The standard InChI is InChI=1S/C13H17ClN2O3S/c1-2-16(9-6-7-20(18,19)8-9)13(17)10-4-3-5-11(15)12(10)14/h3-5,9H,2,6-8,15H2,1H3. The first-order valence-corrected chi connectivity index (χ1v) is 8.61. The van der Waals surface area contributed by atoms with Gasteiger partial charge < -0.3 is 10.6 Å². The van der Waals surface area contributed by atoms with Crippen LogP contribution >= 0.6 is 11.6 Å². The molecule has 1 aliphatic heterocycles. The lowest BCUT2D eigenvalue weighted by Crippen LogP contribution is -2.41. The molecule has 1 amide bonds. The van der Waals surface area contributed by atoms with Crippen LogP contribution in [0.4, 0.5) is 5.69 Å². The normalized spacial score (nSPS) is 20.8. The second-order valence-corrected chi connectivity index (χ2v) is 7.46. The summed E-state index contributed by atoms with van der Waals surface area (Å²) in [5, 5.41) is 0.219. The van der Waals surface area contributed by atoms with E-state index in [1.165, 1.54) is 0 Å². The first-order valence-electron chi connectivity index (χ1n) is 6.41. The lowest BCUT2D eigenvalue weighted by Gasteiger charge is -2.27. The van der Waals surface area contributed by atoms with Crippen LogP contribution < -0.4 is 5.73 Å². The number of anilines is 1. The number of carbonyl (C=O) groups is 1. The summed E-state index contributed by atoms with van der Waals surface area (Å²) >= 11 is 6.06. The molecule has 1 aromatic rings. The second-order valence-electron chi connectivity index (χ2n) is 4.86. The van der Waals surface area contributed by atoms with Crippen LogP contribution in [0.5, 0.6) is 0 Å². The number of carbonyl (C=O) groups excluding carboxylic acids is 1. The van der Waals surface area contributed by atoms with E-state index >= 15 is 0 Å². The zero-order chi connectivity index (χ0) is 14.9. The van der Waals surface area contributed by atoms with Gasteiger partial charge in [-0.25, -0.2) is 8.42 Å². The van der Waals surface area contributed by atoms with Crippen molar-refractivity contribution in [2.24, 2.45) is 0 Å². The van der Waals surface area contributed by atoms with Crippen molar-refractivity contribution in [2.75, 3.05) is 23.8 Å². The summed E-state index contributed by atoms with van der Waals surface area (Å²) in [5.41, 5.74) is 6.36. The maximum atomic E-state index is 12.5. The van der Waals surface area contributed by atoms with Crippen LogP contribution in [0.15, 0.2) is 18.2 Å². The number of nitrogen functional groups attached to an aromatic ring is 1. The van der Waals surface area contributed by atoms with Crippen LogP contribution in [-0.2, 0) is 9.84 Å². The molecule has 0 saturated carbocycles. The van der Waals surface area contributed by atoms with Crippen LogP contribution in [0.25, 0.3) is 0 Å². The Morgan fingerprint density at radius 2 is 2.20 bits per heavy atom. The van der Waals surface area contributed by atoms with Crippen LogP contribution in [0, 0.1) is 0 Å². The van der Waals surface area contributed by atoms with E-state index in [0.717, 1.165) is 0 Å². The summed E-state index contributed by atoms with van der Waals surface area (Å²) in [6.07, 6.45) is 0.474. The summed E-state index contributed by atoms with van der Waals surface area (Å²) in [6.45, 7) is 2.26. The number of nitrogens with zero attached hydrogens (tertiary/aromatic N) is 1. The number of nitrogens with two attached hydrogens (primary N) is 1. The van der Waals surface area contributed by atoms with Gasteiger partial charge in [-0.2, -0.15) is 0 Å². The molecule has 1 aromatic carbocycles. The first kappa shape index (κ1) is 15.1. The van der Waals surface area contributed by atoms with Gasteiger partial charge in [0.25, 0.3) is 5.91 Å². The molecule has 1 fully saturated rings. The van der Waals surface area contributed by atoms with Crippen molar-refractivity contribution in [3.8, 4) is 0 Å². The van der Waals surface area contributed by atoms with E-state index in [0.29, 0.717) is 24.2 Å². The van der Waals surface area contributed by atoms with Crippen molar-refractivity contribution in [1.29, 1.82) is 0 Å². The van der Waals surface area contributed by atoms with Crippen molar-refractivity contribution in [3.05, 3.63) is 28.8 Å². The molecule has 2 rings (SSSR count). The molecule has 0 spiro atoms. The number of amides is 1. The Kier molecular flexibility index (Phi) is 4.25. The lowest BCUT2D eigenvalue weighted by molar-refractivity contribution is 0.0708. The van der Waals surface area contributed by atoms with Crippen molar-refractivity contribution >= 4 is 33.0 Å². The molecule has 7 heteroatoms. The van der Waals surface area contributed by atoms with E-state index in [9.17, 15) is 13.2 Å². The van der Waals surface area contributed by atoms with Gasteiger partial charge in [-0.1, -0.05) is 17.7 Å². The third-order valence-electron chi connectivity index (χ3n) is 3.51. The number of hydrogen-bond acceptors (Lipinski definition) is 4. The maximum Gasteiger partial charge on any atom is 0.255 e. The summed E-state index contributed by atoms with van der Waals surface area (Å²) in [7, 11) is -3.04. The Morgan fingerprint density at radius 3 is 2.75 bits per heavy atom. The van der Waals surface area contributed by atoms with Gasteiger partial charge in [0.1, 0.15) is 0 Å². The van der Waals surface area contributed by atoms with E-state index < -0.39 is 9.84 Å². The van der Waals surface area contributed by atoms with Gasteiger partial charge in [0.15, 0.2) is 9.84 Å². The minimum atomic E-state index is -3.04. The summed E-state index contributed by atoms with van der Waals surface area (Å²) in [6, 6.07) is 4.60. The molecule has 1 unspecified atom stereocenters. The fourth-order valence-electron chi connectivity index (χ4n) is 2.46. The van der Waals surface area contributed by atoms with Crippen LogP contribution in [-0.4, -0.2) is 43.3 Å². The van der Waals surface area contributed by atoms with Gasteiger partial charge in [0.2, 0.25) is 0 Å². The van der Waals surface area contributed by atoms with E-state index in [1.807, 2.05) is 6.92 Å². The Labute approximate surface area is 123 Å². The molecule has 0 radical (unpaired) electrons. The predicted octanol–water partition coefficient (Wildman–Crippen LogP) is 1.57. The molecule has 1 saturated heterocycles. The molecule has 0 aliphatic carbocycles. The largest absolute Gasteiger partial charge is 0.398 e. The van der Waals surface area contributed by atoms with E-state index in [1.54, 1.807) is 23.1 Å². The SMILES string of the molecule is CCN(C(=O)c1cccc(N)c1Cl)C1CCS(=O)(=O)C1. The third-order valence-corrected chi connectivity index (χ3v) is 5.68. The van der Waals surface area contributed by atoms with Gasteiger partial charge in [-0.05, 0) is 25.5 Å². The maximum absolute atomic E-state index is 12.5. The summed E-state index contributed by atoms with van der Waals surface area (Å²) in [4.78, 5) is 14.1. The molecule has 0 bridgehead atoms. The average molecular weight is 317 g/mol. The molecule has 20 heavy (non-hydrogen) atoms. The van der Waals surface area contributed by atoms with Crippen LogP contribution in [0.3, 0.4) is 0 Å². The molecular formula is C13H17ClN2O3S. The van der Waals surface area contributed by atoms with Gasteiger partial charge >= 0.3 is 0 Å². The molecule has 1 heterocycles. The smallest absolute Gasteiger partial charge is 0.255 e. The third kappa shape index (κ3) is 2.91. The van der Waals surface area contributed by atoms with Crippen LogP contribution in [0.1, 0.15) is 23.7 Å². The van der Waals surface area contributed by atoms with E-state index in [-0.39, 0.29) is 28.5 Å². The number of benzene rings is 1. The van der Waals surface area contributed by atoms with Crippen LogP contribution in [0.2, 0.25) is 5.02 Å². The molecule has 1 atom stereocenters. The lowest BCUT2D eigenvalue weighted by atomic mass is 10.1. The minimum Gasteiger partial charge on any atom is -0.398 e. The van der Waals surface area contributed by atoms with Crippen molar-refractivity contribution in [3.63, 3.8) is 0 Å².